The maximum absolute atomic E-state index is 13.1. The van der Waals surface area contributed by atoms with E-state index in [2.05, 4.69) is 5.32 Å². The maximum Gasteiger partial charge on any atom is 0.251 e. The number of hydrogen-bond donors (Lipinski definition) is 2. The van der Waals surface area contributed by atoms with Gasteiger partial charge < -0.3 is 15.2 Å². The molecule has 0 radical (unpaired) electrons. The van der Waals surface area contributed by atoms with Crippen LogP contribution < -0.4 is 5.32 Å². The Bertz CT molecular complexity index is 387. The summed E-state index contributed by atoms with van der Waals surface area (Å²) in [7, 11) is 0. The van der Waals surface area contributed by atoms with Gasteiger partial charge in [0.15, 0.2) is 0 Å². The molecule has 0 fully saturated rings. The normalized spacial score (nSPS) is 10.3. The fraction of sp³-hybridized carbons (Fsp3) is 0.364. The molecule has 6 heteroatoms. The number of carbonyl (C=O) groups excluding carboxylic acids is 1. The summed E-state index contributed by atoms with van der Waals surface area (Å²) >= 11 is 5.50. The number of nitrogens with one attached hydrogen (secondary N) is 1. The Morgan fingerprint density at radius 3 is 2.88 bits per heavy atom. The first-order valence-corrected chi connectivity index (χ1v) is 5.45. The quantitative estimate of drug-likeness (QED) is 0.757. The van der Waals surface area contributed by atoms with E-state index in [1.54, 1.807) is 0 Å². The second-order valence-corrected chi connectivity index (χ2v) is 3.63. The molecule has 0 heterocycles. The number of aliphatic hydroxyl groups excluding tert-OH is 1. The largest absolute Gasteiger partial charge is 0.394 e. The molecule has 0 aliphatic rings. The summed E-state index contributed by atoms with van der Waals surface area (Å²) in [4.78, 5) is 11.5. The minimum absolute atomic E-state index is 0.0205. The molecule has 1 rings (SSSR count). The highest BCUT2D eigenvalue weighted by molar-refractivity contribution is 6.30. The topological polar surface area (TPSA) is 58.6 Å². The minimum atomic E-state index is -0.629. The molecule has 0 aliphatic heterocycles. The van der Waals surface area contributed by atoms with E-state index in [1.807, 2.05) is 0 Å². The monoisotopic (exact) mass is 261 g/mol. The van der Waals surface area contributed by atoms with E-state index in [-0.39, 0.29) is 23.8 Å². The number of aliphatic hydroxyl groups is 1. The third kappa shape index (κ3) is 4.68. The minimum Gasteiger partial charge on any atom is -0.394 e. The third-order valence-corrected chi connectivity index (χ3v) is 2.26. The van der Waals surface area contributed by atoms with Crippen molar-refractivity contribution in [1.82, 2.24) is 5.32 Å². The molecule has 0 aromatic heterocycles. The fourth-order valence-electron chi connectivity index (χ4n) is 1.14. The fourth-order valence-corrected chi connectivity index (χ4v) is 1.26. The van der Waals surface area contributed by atoms with Crippen molar-refractivity contribution in [2.75, 3.05) is 26.4 Å². The molecule has 0 saturated heterocycles. The SMILES string of the molecule is O=C(NCCOCCO)c1ccc(Cl)c(F)c1. The van der Waals surface area contributed by atoms with Gasteiger partial charge in [0.05, 0.1) is 24.8 Å². The Hall–Kier alpha value is -1.17. The first kappa shape index (κ1) is 13.9. The highest BCUT2D eigenvalue weighted by Gasteiger charge is 2.07. The average molecular weight is 262 g/mol. The van der Waals surface area contributed by atoms with Crippen LogP contribution in [-0.2, 0) is 4.74 Å². The summed E-state index contributed by atoms with van der Waals surface area (Å²) in [5, 5.41) is 11.0. The van der Waals surface area contributed by atoms with E-state index in [0.29, 0.717) is 13.2 Å². The number of hydrogen-bond acceptors (Lipinski definition) is 3. The Kier molecular flexibility index (Phi) is 5.90. The van der Waals surface area contributed by atoms with Crippen molar-refractivity contribution >= 4 is 17.5 Å². The third-order valence-electron chi connectivity index (χ3n) is 1.95. The number of carbonyl (C=O) groups is 1. The van der Waals surface area contributed by atoms with Gasteiger partial charge in [0.1, 0.15) is 5.82 Å². The van der Waals surface area contributed by atoms with Crippen LogP contribution in [-0.4, -0.2) is 37.4 Å². The van der Waals surface area contributed by atoms with Crippen molar-refractivity contribution in [2.24, 2.45) is 0 Å². The Labute approximate surface area is 103 Å². The number of ether oxygens (including phenoxy) is 1. The lowest BCUT2D eigenvalue weighted by atomic mass is 10.2. The van der Waals surface area contributed by atoms with E-state index in [4.69, 9.17) is 21.4 Å². The van der Waals surface area contributed by atoms with Crippen molar-refractivity contribution in [3.05, 3.63) is 34.6 Å². The van der Waals surface area contributed by atoms with Gasteiger partial charge in [-0.2, -0.15) is 0 Å². The van der Waals surface area contributed by atoms with Crippen LogP contribution in [0, 0.1) is 5.82 Å². The number of amides is 1. The van der Waals surface area contributed by atoms with Gasteiger partial charge in [-0.3, -0.25) is 4.79 Å². The van der Waals surface area contributed by atoms with Gasteiger partial charge in [0.25, 0.3) is 5.91 Å². The molecule has 17 heavy (non-hydrogen) atoms. The summed E-state index contributed by atoms with van der Waals surface area (Å²) in [6.07, 6.45) is 0. The molecule has 0 bridgehead atoms. The molecule has 94 valence electrons. The molecule has 4 nitrogen and oxygen atoms in total. The molecule has 0 unspecified atom stereocenters. The Balaban J connectivity index is 2.39. The van der Waals surface area contributed by atoms with Crippen molar-refractivity contribution < 1.29 is 19.0 Å². The molecule has 0 atom stereocenters. The van der Waals surface area contributed by atoms with Gasteiger partial charge in [-0.05, 0) is 18.2 Å². The summed E-state index contributed by atoms with van der Waals surface area (Å²) in [6.45, 7) is 0.757. The molecule has 1 aromatic rings. The Morgan fingerprint density at radius 1 is 1.47 bits per heavy atom. The molecule has 1 amide bonds. The molecule has 1 aromatic carbocycles. The zero-order valence-electron chi connectivity index (χ0n) is 9.08. The molecular weight excluding hydrogens is 249 g/mol. The number of rotatable bonds is 6. The zero-order valence-corrected chi connectivity index (χ0v) is 9.84. The predicted molar refractivity (Wildman–Crippen MR) is 61.6 cm³/mol. The van der Waals surface area contributed by atoms with Crippen LogP contribution in [0.25, 0.3) is 0 Å². The van der Waals surface area contributed by atoms with Crippen LogP contribution in [0.3, 0.4) is 0 Å². The van der Waals surface area contributed by atoms with Gasteiger partial charge in [-0.1, -0.05) is 11.6 Å². The number of halogens is 2. The van der Waals surface area contributed by atoms with Gasteiger partial charge >= 0.3 is 0 Å². The first-order chi connectivity index (χ1) is 8.15. The lowest BCUT2D eigenvalue weighted by Gasteiger charge is -2.06. The van der Waals surface area contributed by atoms with E-state index < -0.39 is 11.7 Å². The molecule has 0 aliphatic carbocycles. The van der Waals surface area contributed by atoms with Gasteiger partial charge in [0.2, 0.25) is 0 Å². The maximum atomic E-state index is 13.1. The second kappa shape index (κ2) is 7.21. The lowest BCUT2D eigenvalue weighted by molar-refractivity contribution is 0.0838. The summed E-state index contributed by atoms with van der Waals surface area (Å²) < 4.78 is 18.0. The lowest BCUT2D eigenvalue weighted by Crippen LogP contribution is -2.27. The van der Waals surface area contributed by atoms with E-state index in [0.717, 1.165) is 6.07 Å². The van der Waals surface area contributed by atoms with Crippen LogP contribution in [0.5, 0.6) is 0 Å². The van der Waals surface area contributed by atoms with Crippen molar-refractivity contribution in [3.63, 3.8) is 0 Å². The summed E-state index contributed by atoms with van der Waals surface area (Å²) in [5.74, 6) is -1.02. The van der Waals surface area contributed by atoms with Crippen molar-refractivity contribution in [1.29, 1.82) is 0 Å². The van der Waals surface area contributed by atoms with Crippen LogP contribution in [0.4, 0.5) is 4.39 Å². The van der Waals surface area contributed by atoms with E-state index in [9.17, 15) is 9.18 Å². The zero-order chi connectivity index (χ0) is 12.7. The second-order valence-electron chi connectivity index (χ2n) is 3.22. The van der Waals surface area contributed by atoms with Gasteiger partial charge in [-0.25, -0.2) is 4.39 Å². The van der Waals surface area contributed by atoms with E-state index in [1.165, 1.54) is 12.1 Å². The van der Waals surface area contributed by atoms with Crippen LogP contribution in [0.15, 0.2) is 18.2 Å². The standard InChI is InChI=1S/C11H13ClFNO3/c12-9-2-1-8(7-10(9)13)11(16)14-3-5-17-6-4-15/h1-2,7,15H,3-6H2,(H,14,16). The molecule has 2 N–H and O–H groups in total. The number of benzene rings is 1. The predicted octanol–water partition coefficient (Wildman–Crippen LogP) is 1.22. The van der Waals surface area contributed by atoms with Gasteiger partial charge in [0, 0.05) is 12.1 Å². The van der Waals surface area contributed by atoms with Crippen molar-refractivity contribution in [3.8, 4) is 0 Å². The van der Waals surface area contributed by atoms with Crippen LogP contribution >= 0.6 is 11.6 Å². The van der Waals surface area contributed by atoms with Crippen molar-refractivity contribution in [2.45, 2.75) is 0 Å². The first-order valence-electron chi connectivity index (χ1n) is 5.07. The van der Waals surface area contributed by atoms with Crippen LogP contribution in [0.2, 0.25) is 5.02 Å². The Morgan fingerprint density at radius 2 is 2.24 bits per heavy atom. The smallest absolute Gasteiger partial charge is 0.251 e. The molecular formula is C11H13ClFNO3. The highest BCUT2D eigenvalue weighted by Crippen LogP contribution is 2.15. The van der Waals surface area contributed by atoms with Crippen LogP contribution in [0.1, 0.15) is 10.4 Å². The summed E-state index contributed by atoms with van der Waals surface area (Å²) in [6, 6.07) is 3.84. The summed E-state index contributed by atoms with van der Waals surface area (Å²) in [5.41, 5.74) is 0.203. The van der Waals surface area contributed by atoms with Gasteiger partial charge in [-0.15, -0.1) is 0 Å². The molecule has 0 saturated carbocycles. The average Bonchev–Trinajstić information content (AvgIpc) is 2.32. The van der Waals surface area contributed by atoms with E-state index >= 15 is 0 Å². The molecule has 0 spiro atoms. The highest BCUT2D eigenvalue weighted by atomic mass is 35.5.